The number of carbonyl (C=O) groups excluding carboxylic acids is 1. The Morgan fingerprint density at radius 1 is 0.735 bits per heavy atom. The monoisotopic (exact) mass is 500 g/mol. The minimum atomic E-state index is -4.64. The van der Waals surface area contributed by atoms with Gasteiger partial charge in [-0.25, -0.2) is 4.57 Å². The van der Waals surface area contributed by atoms with Crippen LogP contribution in [0.15, 0.2) is 72.9 Å². The van der Waals surface area contributed by atoms with Crippen molar-refractivity contribution in [3.05, 3.63) is 72.9 Å². The van der Waals surface area contributed by atoms with Crippen LogP contribution >= 0.6 is 7.82 Å². The summed E-state index contributed by atoms with van der Waals surface area (Å²) in [6.45, 7) is 1.59. The van der Waals surface area contributed by atoms with Crippen molar-refractivity contribution < 1.29 is 39.4 Å². The van der Waals surface area contributed by atoms with Gasteiger partial charge in [-0.15, -0.1) is 0 Å². The molecule has 0 radical (unpaired) electrons. The standard InChI is InChI=1S/C25H38O4.H3O4P/c1-2-3-4-5-6-7-8-9-10-11-12-13-14-15-16-17-18-19-20-21-23(27)25(29)24(28)22-26;1-5(2,3)4/h10-21,24-26,28-29H,2-9,22H2,1H3;(H3,1,2,3,4). The third kappa shape index (κ3) is 30.1. The molecule has 6 N–H and O–H groups in total. The molecule has 34 heavy (non-hydrogen) atoms. The van der Waals surface area contributed by atoms with Crippen LogP contribution in [0, 0.1) is 0 Å². The van der Waals surface area contributed by atoms with E-state index in [-0.39, 0.29) is 0 Å². The molecule has 0 aliphatic heterocycles. The van der Waals surface area contributed by atoms with E-state index in [4.69, 9.17) is 29.5 Å². The lowest BCUT2D eigenvalue weighted by molar-refractivity contribution is -0.129. The summed E-state index contributed by atoms with van der Waals surface area (Å²) in [6.07, 6.45) is 29.3. The molecule has 9 heteroatoms. The first-order valence-corrected chi connectivity index (χ1v) is 13.0. The van der Waals surface area contributed by atoms with Crippen LogP contribution in [0.25, 0.3) is 0 Å². The SMILES string of the molecule is CCCCCCCCCC=CC=CC=CC=CC=CC=CC(=O)C(O)C(O)CO.O=P(O)(O)O. The number of hydrogen-bond acceptors (Lipinski definition) is 5. The fraction of sp³-hybridized carbons (Fsp3) is 0.480. The highest BCUT2D eigenvalue weighted by Crippen LogP contribution is 2.25. The highest BCUT2D eigenvalue weighted by molar-refractivity contribution is 7.45. The maximum absolute atomic E-state index is 11.4. The molecule has 0 fully saturated rings. The Labute approximate surface area is 203 Å². The lowest BCUT2D eigenvalue weighted by atomic mass is 10.1. The predicted octanol–water partition coefficient (Wildman–Crippen LogP) is 3.82. The summed E-state index contributed by atoms with van der Waals surface area (Å²) in [5.74, 6) is -0.648. The molecule has 0 heterocycles. The van der Waals surface area contributed by atoms with Gasteiger partial charge in [0, 0.05) is 0 Å². The Bertz CT molecular complexity index is 708. The van der Waals surface area contributed by atoms with Crippen LogP contribution in [-0.4, -0.2) is 54.6 Å². The number of hydrogen-bond donors (Lipinski definition) is 6. The average molecular weight is 501 g/mol. The molecule has 0 rings (SSSR count). The van der Waals surface area contributed by atoms with Crippen molar-refractivity contribution in [2.45, 2.75) is 70.5 Å². The summed E-state index contributed by atoms with van der Waals surface area (Å²) in [7, 11) is -4.64. The summed E-state index contributed by atoms with van der Waals surface area (Å²) in [5, 5.41) is 27.2. The third-order valence-electron chi connectivity index (χ3n) is 4.21. The third-order valence-corrected chi connectivity index (χ3v) is 4.21. The predicted molar refractivity (Wildman–Crippen MR) is 136 cm³/mol. The lowest BCUT2D eigenvalue weighted by Gasteiger charge is -2.11. The highest BCUT2D eigenvalue weighted by Gasteiger charge is 2.20. The molecule has 0 aliphatic carbocycles. The summed E-state index contributed by atoms with van der Waals surface area (Å²) in [4.78, 5) is 33.0. The first-order valence-electron chi connectivity index (χ1n) is 11.4. The summed E-state index contributed by atoms with van der Waals surface area (Å²) in [5.41, 5.74) is 0. The summed E-state index contributed by atoms with van der Waals surface area (Å²) in [6, 6.07) is 0. The smallest absolute Gasteiger partial charge is 0.394 e. The lowest BCUT2D eigenvalue weighted by Crippen LogP contribution is -2.35. The molecule has 8 nitrogen and oxygen atoms in total. The molecule has 0 bridgehead atoms. The van der Waals surface area contributed by atoms with Crippen LogP contribution in [0.3, 0.4) is 0 Å². The van der Waals surface area contributed by atoms with Crippen molar-refractivity contribution in [3.8, 4) is 0 Å². The van der Waals surface area contributed by atoms with Crippen molar-refractivity contribution in [1.82, 2.24) is 0 Å². The minimum Gasteiger partial charge on any atom is -0.394 e. The number of ketones is 1. The quantitative estimate of drug-likeness (QED) is 0.0762. The van der Waals surface area contributed by atoms with Gasteiger partial charge in [-0.3, -0.25) is 4.79 Å². The molecule has 2 atom stereocenters. The maximum atomic E-state index is 11.4. The molecule has 0 aliphatic rings. The summed E-state index contributed by atoms with van der Waals surface area (Å²) < 4.78 is 8.88. The van der Waals surface area contributed by atoms with Crippen molar-refractivity contribution >= 4 is 13.6 Å². The van der Waals surface area contributed by atoms with E-state index >= 15 is 0 Å². The normalized spacial score (nSPS) is 14.7. The van der Waals surface area contributed by atoms with Gasteiger partial charge in [-0.05, 0) is 18.9 Å². The van der Waals surface area contributed by atoms with Gasteiger partial charge in [-0.2, -0.15) is 0 Å². The second-order valence-corrected chi connectivity index (χ2v) is 8.37. The van der Waals surface area contributed by atoms with E-state index < -0.39 is 32.4 Å². The molecule has 0 amide bonds. The molecule has 0 aromatic carbocycles. The van der Waals surface area contributed by atoms with Gasteiger partial charge in [0.15, 0.2) is 5.78 Å². The Morgan fingerprint density at radius 2 is 1.15 bits per heavy atom. The molecule has 0 aromatic heterocycles. The number of phosphoric acid groups is 1. The van der Waals surface area contributed by atoms with Gasteiger partial charge >= 0.3 is 7.82 Å². The number of unbranched alkanes of at least 4 members (excludes halogenated alkanes) is 7. The van der Waals surface area contributed by atoms with Crippen molar-refractivity contribution in [2.75, 3.05) is 6.61 Å². The van der Waals surface area contributed by atoms with Crippen LogP contribution < -0.4 is 0 Å². The number of aliphatic hydroxyl groups excluding tert-OH is 3. The fourth-order valence-electron chi connectivity index (χ4n) is 2.45. The zero-order valence-corrected chi connectivity index (χ0v) is 20.8. The first kappa shape index (κ1) is 34.3. The maximum Gasteiger partial charge on any atom is 0.466 e. The van der Waals surface area contributed by atoms with Crippen molar-refractivity contribution in [1.29, 1.82) is 0 Å². The zero-order valence-electron chi connectivity index (χ0n) is 19.9. The van der Waals surface area contributed by atoms with Crippen molar-refractivity contribution in [3.63, 3.8) is 0 Å². The topological polar surface area (TPSA) is 156 Å². The Morgan fingerprint density at radius 3 is 1.62 bits per heavy atom. The van der Waals surface area contributed by atoms with E-state index in [2.05, 4.69) is 19.1 Å². The van der Waals surface area contributed by atoms with E-state index in [0.29, 0.717) is 0 Å². The number of carbonyl (C=O) groups is 1. The van der Waals surface area contributed by atoms with Gasteiger partial charge in [0.2, 0.25) is 0 Å². The fourth-order valence-corrected chi connectivity index (χ4v) is 2.45. The molecular weight excluding hydrogens is 459 g/mol. The Hall–Kier alpha value is -1.90. The van der Waals surface area contributed by atoms with Crippen molar-refractivity contribution in [2.24, 2.45) is 0 Å². The van der Waals surface area contributed by atoms with Gasteiger partial charge < -0.3 is 30.0 Å². The molecule has 194 valence electrons. The van der Waals surface area contributed by atoms with Crippen LogP contribution in [0.1, 0.15) is 58.3 Å². The molecule has 0 saturated heterocycles. The summed E-state index contributed by atoms with van der Waals surface area (Å²) >= 11 is 0. The molecule has 0 spiro atoms. The van der Waals surface area contributed by atoms with E-state index in [0.717, 1.165) is 12.5 Å². The average Bonchev–Trinajstić information content (AvgIpc) is 2.78. The number of aliphatic hydroxyl groups is 3. The van der Waals surface area contributed by atoms with Gasteiger partial charge in [0.25, 0.3) is 0 Å². The first-order chi connectivity index (χ1) is 16.1. The number of allylic oxidation sites excluding steroid dienone is 11. The molecule has 2 unspecified atom stereocenters. The largest absolute Gasteiger partial charge is 0.466 e. The Kier molecular flexibility index (Phi) is 24.4. The van der Waals surface area contributed by atoms with E-state index in [1.165, 1.54) is 51.0 Å². The zero-order chi connectivity index (χ0) is 26.1. The van der Waals surface area contributed by atoms with Gasteiger partial charge in [0.1, 0.15) is 12.2 Å². The number of rotatable bonds is 17. The van der Waals surface area contributed by atoms with Gasteiger partial charge in [0.05, 0.1) is 6.61 Å². The minimum absolute atomic E-state index is 0.648. The molecular formula is C25H41O8P. The van der Waals surface area contributed by atoms with E-state index in [1.807, 2.05) is 36.5 Å². The molecule has 0 aromatic rings. The second-order valence-electron chi connectivity index (χ2n) is 7.35. The highest BCUT2D eigenvalue weighted by atomic mass is 31.2. The van der Waals surface area contributed by atoms with E-state index in [1.54, 1.807) is 12.2 Å². The van der Waals surface area contributed by atoms with Crippen LogP contribution in [0.5, 0.6) is 0 Å². The van der Waals surface area contributed by atoms with Gasteiger partial charge in [-0.1, -0.05) is 112 Å². The second kappa shape index (κ2) is 24.2. The molecule has 0 saturated carbocycles. The Balaban J connectivity index is 0. The van der Waals surface area contributed by atoms with Crippen LogP contribution in [0.2, 0.25) is 0 Å². The van der Waals surface area contributed by atoms with Crippen LogP contribution in [-0.2, 0) is 9.36 Å². The van der Waals surface area contributed by atoms with Crippen LogP contribution in [0.4, 0.5) is 0 Å². The van der Waals surface area contributed by atoms with E-state index in [9.17, 15) is 9.90 Å².